The van der Waals surface area contributed by atoms with E-state index in [0.717, 1.165) is 27.3 Å². The largest absolute Gasteiger partial charge is 0.302 e. The van der Waals surface area contributed by atoms with E-state index in [-0.39, 0.29) is 5.91 Å². The number of nitrogens with zero attached hydrogens (tertiary/aromatic N) is 1. The number of hydrogen-bond donors (Lipinski definition) is 1. The third-order valence-electron chi connectivity index (χ3n) is 4.16. The summed E-state index contributed by atoms with van der Waals surface area (Å²) in [6.45, 7) is 0. The van der Waals surface area contributed by atoms with Crippen LogP contribution in [0.25, 0.3) is 21.7 Å². The lowest BCUT2D eigenvalue weighted by atomic mass is 10.1. The number of carbonyl (C=O) groups excluding carboxylic acids is 1. The Bertz CT molecular complexity index is 971. The molecule has 3 nitrogen and oxygen atoms in total. The molecule has 0 bridgehead atoms. The number of rotatable bonds is 5. The predicted molar refractivity (Wildman–Crippen MR) is 112 cm³/mol. The lowest BCUT2D eigenvalue weighted by Gasteiger charge is -2.02. The average molecular weight is 370 g/mol. The van der Waals surface area contributed by atoms with Gasteiger partial charge in [0.1, 0.15) is 0 Å². The Kier molecular flexibility index (Phi) is 5.08. The summed E-state index contributed by atoms with van der Waals surface area (Å²) in [5.41, 5.74) is 4.01. The molecule has 4 heteroatoms. The second-order valence-electron chi connectivity index (χ2n) is 6.14. The van der Waals surface area contributed by atoms with E-state index in [1.54, 1.807) is 0 Å². The first-order chi connectivity index (χ1) is 13.3. The second-order valence-corrected chi connectivity index (χ2v) is 7.14. The Morgan fingerprint density at radius 1 is 0.778 bits per heavy atom. The van der Waals surface area contributed by atoms with Crippen LogP contribution in [0.4, 0.5) is 5.13 Å². The van der Waals surface area contributed by atoms with E-state index < -0.39 is 0 Å². The summed E-state index contributed by atoms with van der Waals surface area (Å²) in [5, 5.41) is 3.58. The van der Waals surface area contributed by atoms with Gasteiger partial charge in [-0.1, -0.05) is 102 Å². The Balaban J connectivity index is 1.64. The molecule has 3 aromatic carbocycles. The molecule has 1 amide bonds. The van der Waals surface area contributed by atoms with E-state index in [0.29, 0.717) is 11.6 Å². The third kappa shape index (κ3) is 4.13. The summed E-state index contributed by atoms with van der Waals surface area (Å²) in [6.07, 6.45) is 0.335. The minimum Gasteiger partial charge on any atom is -0.302 e. The van der Waals surface area contributed by atoms with E-state index in [9.17, 15) is 4.79 Å². The number of hydrogen-bond acceptors (Lipinski definition) is 3. The summed E-state index contributed by atoms with van der Waals surface area (Å²) >= 11 is 1.50. The van der Waals surface area contributed by atoms with Crippen molar-refractivity contribution in [3.63, 3.8) is 0 Å². The van der Waals surface area contributed by atoms with E-state index >= 15 is 0 Å². The molecule has 0 saturated carbocycles. The van der Waals surface area contributed by atoms with Crippen molar-refractivity contribution in [1.29, 1.82) is 0 Å². The zero-order valence-corrected chi connectivity index (χ0v) is 15.4. The molecule has 132 valence electrons. The summed E-state index contributed by atoms with van der Waals surface area (Å²) in [6, 6.07) is 29.9. The van der Waals surface area contributed by atoms with E-state index in [4.69, 9.17) is 4.98 Å². The number of carbonyl (C=O) groups is 1. The molecule has 0 fully saturated rings. The van der Waals surface area contributed by atoms with Crippen LogP contribution in [0.3, 0.4) is 0 Å². The first kappa shape index (κ1) is 17.2. The van der Waals surface area contributed by atoms with Crippen molar-refractivity contribution >= 4 is 22.4 Å². The summed E-state index contributed by atoms with van der Waals surface area (Å²) < 4.78 is 0. The summed E-state index contributed by atoms with van der Waals surface area (Å²) in [4.78, 5) is 18.2. The van der Waals surface area contributed by atoms with E-state index in [1.165, 1.54) is 11.3 Å². The molecule has 1 heterocycles. The van der Waals surface area contributed by atoms with Crippen molar-refractivity contribution in [2.24, 2.45) is 0 Å². The van der Waals surface area contributed by atoms with Crippen molar-refractivity contribution in [2.75, 3.05) is 5.32 Å². The Morgan fingerprint density at radius 3 is 1.96 bits per heavy atom. The molecule has 0 atom stereocenters. The van der Waals surface area contributed by atoms with Gasteiger partial charge >= 0.3 is 0 Å². The van der Waals surface area contributed by atoms with Gasteiger partial charge in [0.25, 0.3) is 0 Å². The molecular weight excluding hydrogens is 352 g/mol. The van der Waals surface area contributed by atoms with Gasteiger partial charge < -0.3 is 5.32 Å². The lowest BCUT2D eigenvalue weighted by molar-refractivity contribution is -0.115. The Labute approximate surface area is 162 Å². The first-order valence-electron chi connectivity index (χ1n) is 8.75. The van der Waals surface area contributed by atoms with Crippen molar-refractivity contribution in [3.8, 4) is 21.7 Å². The molecule has 0 radical (unpaired) electrons. The first-order valence-corrected chi connectivity index (χ1v) is 9.57. The zero-order chi connectivity index (χ0) is 18.5. The molecule has 0 aliphatic rings. The van der Waals surface area contributed by atoms with Crippen molar-refractivity contribution < 1.29 is 4.79 Å². The van der Waals surface area contributed by atoms with Gasteiger partial charge in [0, 0.05) is 5.56 Å². The third-order valence-corrected chi connectivity index (χ3v) is 5.18. The van der Waals surface area contributed by atoms with Crippen LogP contribution in [-0.4, -0.2) is 10.9 Å². The molecule has 4 rings (SSSR count). The van der Waals surface area contributed by atoms with Crippen LogP contribution in [-0.2, 0) is 11.2 Å². The molecule has 1 aromatic heterocycles. The number of nitrogens with one attached hydrogen (secondary N) is 1. The SMILES string of the molecule is O=C(Cc1ccccc1)Nc1nc(-c2ccccc2)c(-c2ccccc2)s1. The number of anilines is 1. The van der Waals surface area contributed by atoms with Crippen LogP contribution in [0.2, 0.25) is 0 Å². The number of aromatic nitrogens is 1. The van der Waals surface area contributed by atoms with Crippen LogP contribution < -0.4 is 5.32 Å². The molecule has 4 aromatic rings. The maximum Gasteiger partial charge on any atom is 0.230 e. The van der Waals surface area contributed by atoms with Gasteiger partial charge in [0.2, 0.25) is 5.91 Å². The monoisotopic (exact) mass is 370 g/mol. The zero-order valence-electron chi connectivity index (χ0n) is 14.6. The molecule has 1 N–H and O–H groups in total. The standard InChI is InChI=1S/C23H18N2OS/c26-20(16-17-10-4-1-5-11-17)24-23-25-21(18-12-6-2-7-13-18)22(27-23)19-14-8-3-9-15-19/h1-15H,16H2,(H,24,25,26). The highest BCUT2D eigenvalue weighted by atomic mass is 32.1. The van der Waals surface area contributed by atoms with Crippen LogP contribution >= 0.6 is 11.3 Å². The van der Waals surface area contributed by atoms with E-state index in [2.05, 4.69) is 17.4 Å². The molecule has 0 spiro atoms. The Hall–Kier alpha value is -3.24. The summed E-state index contributed by atoms with van der Waals surface area (Å²) in [5.74, 6) is -0.0610. The van der Waals surface area contributed by atoms with Gasteiger partial charge in [-0.2, -0.15) is 0 Å². The van der Waals surface area contributed by atoms with Crippen molar-refractivity contribution in [3.05, 3.63) is 96.6 Å². The smallest absolute Gasteiger partial charge is 0.230 e. The predicted octanol–water partition coefficient (Wildman–Crippen LogP) is 5.66. The average Bonchev–Trinajstić information content (AvgIpc) is 3.14. The number of thiazole rings is 1. The molecule has 0 unspecified atom stereocenters. The van der Waals surface area contributed by atoms with E-state index in [1.807, 2.05) is 78.9 Å². The summed E-state index contributed by atoms with van der Waals surface area (Å²) in [7, 11) is 0. The van der Waals surface area contributed by atoms with Crippen molar-refractivity contribution in [2.45, 2.75) is 6.42 Å². The van der Waals surface area contributed by atoms with Crippen LogP contribution in [0.15, 0.2) is 91.0 Å². The number of amides is 1. The van der Waals surface area contributed by atoms with Crippen LogP contribution in [0.1, 0.15) is 5.56 Å². The van der Waals surface area contributed by atoms with Crippen molar-refractivity contribution in [1.82, 2.24) is 4.98 Å². The van der Waals surface area contributed by atoms with Gasteiger partial charge in [-0.3, -0.25) is 4.79 Å². The minimum absolute atomic E-state index is 0.0610. The molecule has 0 aliphatic carbocycles. The Morgan fingerprint density at radius 2 is 1.33 bits per heavy atom. The minimum atomic E-state index is -0.0610. The highest BCUT2D eigenvalue weighted by Gasteiger charge is 2.16. The maximum atomic E-state index is 12.4. The maximum absolute atomic E-state index is 12.4. The fourth-order valence-corrected chi connectivity index (χ4v) is 3.90. The van der Waals surface area contributed by atoms with Gasteiger partial charge in [-0.05, 0) is 11.1 Å². The molecule has 0 saturated heterocycles. The lowest BCUT2D eigenvalue weighted by Crippen LogP contribution is -2.14. The molecule has 27 heavy (non-hydrogen) atoms. The van der Waals surface area contributed by atoms with Gasteiger partial charge in [-0.25, -0.2) is 4.98 Å². The fraction of sp³-hybridized carbons (Fsp3) is 0.0435. The van der Waals surface area contributed by atoms with Crippen LogP contribution in [0.5, 0.6) is 0 Å². The van der Waals surface area contributed by atoms with Crippen LogP contribution in [0, 0.1) is 0 Å². The van der Waals surface area contributed by atoms with Gasteiger partial charge in [0.05, 0.1) is 17.0 Å². The molecule has 0 aliphatic heterocycles. The topological polar surface area (TPSA) is 42.0 Å². The normalized spacial score (nSPS) is 10.5. The second kappa shape index (κ2) is 7.98. The molecular formula is C23H18N2OS. The highest BCUT2D eigenvalue weighted by Crippen LogP contribution is 2.38. The van der Waals surface area contributed by atoms with Gasteiger partial charge in [0.15, 0.2) is 5.13 Å². The highest BCUT2D eigenvalue weighted by molar-refractivity contribution is 7.19. The van der Waals surface area contributed by atoms with Gasteiger partial charge in [-0.15, -0.1) is 0 Å². The number of benzene rings is 3. The quantitative estimate of drug-likeness (QED) is 0.493. The fourth-order valence-electron chi connectivity index (χ4n) is 2.90.